The Morgan fingerprint density at radius 2 is 2.05 bits per heavy atom. The molecule has 0 aliphatic heterocycles. The molecule has 8 heteroatoms. The zero-order valence-corrected chi connectivity index (χ0v) is 11.2. The minimum Gasteiger partial charge on any atom is -0.381 e. The van der Waals surface area contributed by atoms with Gasteiger partial charge in [-0.3, -0.25) is 4.40 Å². The van der Waals surface area contributed by atoms with E-state index in [0.29, 0.717) is 0 Å². The number of nitrogen functional groups attached to an aromatic ring is 1. The maximum atomic E-state index is 13.3. The van der Waals surface area contributed by atoms with Crippen LogP contribution in [0.4, 0.5) is 14.6 Å². The van der Waals surface area contributed by atoms with E-state index in [4.69, 9.17) is 5.73 Å². The molecule has 0 aromatic carbocycles. The van der Waals surface area contributed by atoms with Gasteiger partial charge in [-0.05, 0) is 12.1 Å². The lowest BCUT2D eigenvalue weighted by Crippen LogP contribution is -2.12. The molecule has 2 N–H and O–H groups in total. The summed E-state index contributed by atoms with van der Waals surface area (Å²) in [6.45, 7) is 2.19. The van der Waals surface area contributed by atoms with Gasteiger partial charge < -0.3 is 5.73 Å². The number of fused-ring (bicyclic) bond motifs is 1. The molecule has 19 heavy (non-hydrogen) atoms. The van der Waals surface area contributed by atoms with Gasteiger partial charge in [0.25, 0.3) is 5.92 Å². The molecule has 2 rings (SSSR count). The quantitative estimate of drug-likeness (QED) is 0.935. The summed E-state index contributed by atoms with van der Waals surface area (Å²) in [6.07, 6.45) is 1.06. The number of halogens is 2. The van der Waals surface area contributed by atoms with Crippen molar-refractivity contribution in [3.63, 3.8) is 0 Å². The first-order chi connectivity index (χ1) is 8.66. The summed E-state index contributed by atoms with van der Waals surface area (Å²) in [7, 11) is -3.64. The molecular weight excluding hydrogens is 276 g/mol. The lowest BCUT2D eigenvalue weighted by Gasteiger charge is -2.11. The molecule has 0 fully saturated rings. The highest BCUT2D eigenvalue weighted by molar-refractivity contribution is 7.91. The molecule has 0 bridgehead atoms. The molecule has 2 aromatic heterocycles. The molecular formula is C11H13F2N3O2S. The van der Waals surface area contributed by atoms with Crippen molar-refractivity contribution in [2.45, 2.75) is 24.8 Å². The SMILES string of the molecule is CCS(=O)(=O)c1c(N)nc2ccc(C(C)(F)F)cn12. The third kappa shape index (κ3) is 2.27. The van der Waals surface area contributed by atoms with Crippen LogP contribution in [0.3, 0.4) is 0 Å². The van der Waals surface area contributed by atoms with E-state index in [9.17, 15) is 17.2 Å². The summed E-state index contributed by atoms with van der Waals surface area (Å²) < 4.78 is 51.5. The molecule has 5 nitrogen and oxygen atoms in total. The number of anilines is 1. The van der Waals surface area contributed by atoms with Crippen LogP contribution in [0.5, 0.6) is 0 Å². The monoisotopic (exact) mass is 289 g/mol. The summed E-state index contributed by atoms with van der Waals surface area (Å²) >= 11 is 0. The van der Waals surface area contributed by atoms with Gasteiger partial charge >= 0.3 is 0 Å². The van der Waals surface area contributed by atoms with Crippen LogP contribution in [0.2, 0.25) is 0 Å². The Morgan fingerprint density at radius 1 is 1.42 bits per heavy atom. The molecule has 0 saturated heterocycles. The van der Waals surface area contributed by atoms with Gasteiger partial charge in [0, 0.05) is 18.7 Å². The molecule has 2 heterocycles. The minimum absolute atomic E-state index is 0.182. The number of aromatic nitrogens is 2. The van der Waals surface area contributed by atoms with Gasteiger partial charge in [0.05, 0.1) is 5.75 Å². The van der Waals surface area contributed by atoms with Gasteiger partial charge in [0.15, 0.2) is 20.7 Å². The van der Waals surface area contributed by atoms with Gasteiger partial charge in [-0.25, -0.2) is 22.2 Å². The van der Waals surface area contributed by atoms with Crippen LogP contribution in [0.15, 0.2) is 23.4 Å². The summed E-state index contributed by atoms with van der Waals surface area (Å²) in [6, 6.07) is 2.52. The van der Waals surface area contributed by atoms with Gasteiger partial charge in [0.1, 0.15) is 5.65 Å². The van der Waals surface area contributed by atoms with E-state index in [1.165, 1.54) is 19.1 Å². The Bertz CT molecular complexity index is 732. The molecule has 0 saturated carbocycles. The molecule has 0 unspecified atom stereocenters. The highest BCUT2D eigenvalue weighted by Crippen LogP contribution is 2.29. The number of pyridine rings is 1. The zero-order chi connectivity index (χ0) is 14.4. The highest BCUT2D eigenvalue weighted by Gasteiger charge is 2.27. The van der Waals surface area contributed by atoms with Gasteiger partial charge in [-0.1, -0.05) is 6.92 Å². The van der Waals surface area contributed by atoms with Gasteiger partial charge in [0.2, 0.25) is 0 Å². The number of rotatable bonds is 3. The average Bonchev–Trinajstić information content (AvgIpc) is 2.63. The second-order valence-electron chi connectivity index (χ2n) is 4.24. The van der Waals surface area contributed by atoms with Crippen molar-refractivity contribution in [2.24, 2.45) is 0 Å². The van der Waals surface area contributed by atoms with E-state index < -0.39 is 15.8 Å². The fourth-order valence-corrected chi connectivity index (χ4v) is 2.83. The smallest absolute Gasteiger partial charge is 0.271 e. The second kappa shape index (κ2) is 4.16. The summed E-state index contributed by atoms with van der Waals surface area (Å²) in [5.74, 6) is -3.43. The van der Waals surface area contributed by atoms with Crippen LogP contribution in [-0.2, 0) is 15.8 Å². The highest BCUT2D eigenvalue weighted by atomic mass is 32.2. The van der Waals surface area contributed by atoms with Gasteiger partial charge in [-0.15, -0.1) is 0 Å². The molecule has 0 aliphatic rings. The van der Waals surface area contributed by atoms with E-state index in [0.717, 1.165) is 17.5 Å². The Kier molecular flexibility index (Phi) is 3.00. The number of imidazole rings is 1. The van der Waals surface area contributed by atoms with Crippen molar-refractivity contribution >= 4 is 21.3 Å². The van der Waals surface area contributed by atoms with Crippen LogP contribution in [0, 0.1) is 0 Å². The lowest BCUT2D eigenvalue weighted by atomic mass is 10.2. The number of nitrogens with two attached hydrogens (primary N) is 1. The number of nitrogens with zero attached hydrogens (tertiary/aromatic N) is 2. The number of hydrogen-bond donors (Lipinski definition) is 1. The van der Waals surface area contributed by atoms with Crippen molar-refractivity contribution in [3.05, 3.63) is 23.9 Å². The summed E-state index contributed by atoms with van der Waals surface area (Å²) in [4.78, 5) is 3.87. The Morgan fingerprint density at radius 3 is 2.58 bits per heavy atom. The normalized spacial score (nSPS) is 13.1. The molecule has 0 aliphatic carbocycles. The van der Waals surface area contributed by atoms with Crippen LogP contribution < -0.4 is 5.73 Å². The fourth-order valence-electron chi connectivity index (χ4n) is 1.75. The summed E-state index contributed by atoms with van der Waals surface area (Å²) in [5, 5.41) is -0.240. The van der Waals surface area contributed by atoms with E-state index in [-0.39, 0.29) is 27.8 Å². The molecule has 0 atom stereocenters. The van der Waals surface area contributed by atoms with Crippen LogP contribution >= 0.6 is 0 Å². The molecule has 0 amide bonds. The zero-order valence-electron chi connectivity index (χ0n) is 10.4. The topological polar surface area (TPSA) is 77.5 Å². The first kappa shape index (κ1) is 13.7. The van der Waals surface area contributed by atoms with Crippen molar-refractivity contribution in [3.8, 4) is 0 Å². The fraction of sp³-hybridized carbons (Fsp3) is 0.364. The third-order valence-corrected chi connectivity index (χ3v) is 4.54. The number of hydrogen-bond acceptors (Lipinski definition) is 4. The van der Waals surface area contributed by atoms with Crippen LogP contribution in [0.25, 0.3) is 5.65 Å². The van der Waals surface area contributed by atoms with Crippen LogP contribution in [-0.4, -0.2) is 23.6 Å². The lowest BCUT2D eigenvalue weighted by molar-refractivity contribution is 0.0170. The van der Waals surface area contributed by atoms with E-state index >= 15 is 0 Å². The molecule has 0 spiro atoms. The van der Waals surface area contributed by atoms with E-state index in [2.05, 4.69) is 4.98 Å². The van der Waals surface area contributed by atoms with Crippen LogP contribution in [0.1, 0.15) is 19.4 Å². The van der Waals surface area contributed by atoms with Crippen molar-refractivity contribution < 1.29 is 17.2 Å². The molecule has 0 radical (unpaired) electrons. The standard InChI is InChI=1S/C11H13F2N3O2S/c1-3-19(17,18)10-9(14)15-8-5-4-7(6-16(8)10)11(2,12)13/h4-6H,3,14H2,1-2H3. The maximum absolute atomic E-state index is 13.3. The van der Waals surface area contributed by atoms with E-state index in [1.54, 1.807) is 0 Å². The number of sulfone groups is 1. The predicted molar refractivity (Wildman–Crippen MR) is 66.9 cm³/mol. The first-order valence-electron chi connectivity index (χ1n) is 5.55. The maximum Gasteiger partial charge on any atom is 0.271 e. The van der Waals surface area contributed by atoms with Gasteiger partial charge in [-0.2, -0.15) is 0 Å². The largest absolute Gasteiger partial charge is 0.381 e. The Hall–Kier alpha value is -1.70. The average molecular weight is 289 g/mol. The van der Waals surface area contributed by atoms with Crippen molar-refractivity contribution in [1.82, 2.24) is 9.38 Å². The van der Waals surface area contributed by atoms with E-state index in [1.807, 2.05) is 0 Å². The summed E-state index contributed by atoms with van der Waals surface area (Å²) in [5.41, 5.74) is 5.49. The molecule has 104 valence electrons. The van der Waals surface area contributed by atoms with Crippen molar-refractivity contribution in [2.75, 3.05) is 11.5 Å². The minimum atomic E-state index is -3.64. The number of alkyl halides is 2. The third-order valence-electron chi connectivity index (χ3n) is 2.78. The molecule has 2 aromatic rings. The Labute approximate surface area is 109 Å². The second-order valence-corrected chi connectivity index (χ2v) is 6.43. The predicted octanol–water partition coefficient (Wildman–Crippen LogP) is 1.82. The first-order valence-corrected chi connectivity index (χ1v) is 7.20. The van der Waals surface area contributed by atoms with Crippen molar-refractivity contribution in [1.29, 1.82) is 0 Å². The Balaban J connectivity index is 2.81.